The van der Waals surface area contributed by atoms with Crippen molar-refractivity contribution in [2.75, 3.05) is 5.32 Å². The number of benzene rings is 2. The molecule has 0 radical (unpaired) electrons. The van der Waals surface area contributed by atoms with Gasteiger partial charge in [0.05, 0.1) is 0 Å². The molecule has 20 heavy (non-hydrogen) atoms. The van der Waals surface area contributed by atoms with Crippen LogP contribution in [0.25, 0.3) is 10.8 Å². The fraction of sp³-hybridized carbons (Fsp3) is 0.278. The van der Waals surface area contributed by atoms with Crippen LogP contribution in [0.15, 0.2) is 54.6 Å². The highest BCUT2D eigenvalue weighted by molar-refractivity contribution is 6.03. The van der Waals surface area contributed by atoms with Crippen LogP contribution in [0.4, 0.5) is 5.69 Å². The highest BCUT2D eigenvalue weighted by Gasteiger charge is 2.39. The minimum Gasteiger partial charge on any atom is -0.325 e. The van der Waals surface area contributed by atoms with Crippen molar-refractivity contribution in [3.8, 4) is 0 Å². The smallest absolute Gasteiger partial charge is 0.228 e. The molecule has 2 aromatic rings. The Labute approximate surface area is 118 Å². The standard InChI is InChI=1S/C18H17NO/c20-18(16-11-12-8-9-14(16)10-12)19-17-7-3-5-13-4-1-2-6-15(13)17/h1-9,12,14,16H,10-11H2,(H,19,20)/t12-,14-,16+/m0/s1. The van der Waals surface area contributed by atoms with Crippen LogP contribution in [-0.2, 0) is 4.79 Å². The molecule has 3 atom stereocenters. The normalized spacial score (nSPS) is 27.1. The van der Waals surface area contributed by atoms with Gasteiger partial charge in [0.25, 0.3) is 0 Å². The number of allylic oxidation sites excluding steroid dienone is 2. The van der Waals surface area contributed by atoms with E-state index in [4.69, 9.17) is 0 Å². The molecule has 2 aromatic carbocycles. The largest absolute Gasteiger partial charge is 0.325 e. The first-order valence-electron chi connectivity index (χ1n) is 7.28. The lowest BCUT2D eigenvalue weighted by molar-refractivity contribution is -0.120. The van der Waals surface area contributed by atoms with Gasteiger partial charge in [-0.1, -0.05) is 48.6 Å². The maximum Gasteiger partial charge on any atom is 0.228 e. The molecule has 0 aromatic heterocycles. The average Bonchev–Trinajstić information content (AvgIpc) is 3.10. The predicted molar refractivity (Wildman–Crippen MR) is 81.4 cm³/mol. The summed E-state index contributed by atoms with van der Waals surface area (Å²) in [4.78, 5) is 12.5. The summed E-state index contributed by atoms with van der Waals surface area (Å²) in [5.41, 5.74) is 0.930. The van der Waals surface area contributed by atoms with Crippen LogP contribution in [0.3, 0.4) is 0 Å². The number of hydrogen-bond donors (Lipinski definition) is 1. The van der Waals surface area contributed by atoms with E-state index in [2.05, 4.69) is 35.7 Å². The van der Waals surface area contributed by atoms with Crippen LogP contribution < -0.4 is 5.32 Å². The number of anilines is 1. The van der Waals surface area contributed by atoms with E-state index >= 15 is 0 Å². The molecule has 0 spiro atoms. The molecule has 0 heterocycles. The summed E-state index contributed by atoms with van der Waals surface area (Å²) in [6, 6.07) is 14.2. The Kier molecular flexibility index (Phi) is 2.62. The van der Waals surface area contributed by atoms with Crippen molar-refractivity contribution in [3.05, 3.63) is 54.6 Å². The molecule has 1 saturated carbocycles. The van der Waals surface area contributed by atoms with Crippen molar-refractivity contribution in [1.29, 1.82) is 0 Å². The second-order valence-electron chi connectivity index (χ2n) is 5.90. The number of carbonyl (C=O) groups is 1. The Morgan fingerprint density at radius 3 is 2.65 bits per heavy atom. The molecule has 0 aliphatic heterocycles. The molecule has 0 saturated heterocycles. The van der Waals surface area contributed by atoms with Gasteiger partial charge in [-0.15, -0.1) is 0 Å². The van der Waals surface area contributed by atoms with E-state index in [1.54, 1.807) is 0 Å². The molecule has 1 amide bonds. The third kappa shape index (κ3) is 1.83. The van der Waals surface area contributed by atoms with Gasteiger partial charge >= 0.3 is 0 Å². The predicted octanol–water partition coefficient (Wildman–Crippen LogP) is 3.99. The summed E-state index contributed by atoms with van der Waals surface area (Å²) in [5, 5.41) is 5.42. The van der Waals surface area contributed by atoms with Gasteiger partial charge in [-0.05, 0) is 36.1 Å². The Morgan fingerprint density at radius 2 is 1.85 bits per heavy atom. The van der Waals surface area contributed by atoms with E-state index in [1.807, 2.05) is 24.3 Å². The van der Waals surface area contributed by atoms with Gasteiger partial charge in [-0.2, -0.15) is 0 Å². The fourth-order valence-electron chi connectivity index (χ4n) is 3.64. The Hall–Kier alpha value is -2.09. The van der Waals surface area contributed by atoms with Crippen molar-refractivity contribution in [2.24, 2.45) is 17.8 Å². The Bertz CT molecular complexity index is 698. The van der Waals surface area contributed by atoms with Crippen molar-refractivity contribution in [1.82, 2.24) is 0 Å². The Morgan fingerprint density at radius 1 is 1.00 bits per heavy atom. The van der Waals surface area contributed by atoms with E-state index in [9.17, 15) is 4.79 Å². The molecule has 2 bridgehead atoms. The fourth-order valence-corrected chi connectivity index (χ4v) is 3.64. The zero-order valence-electron chi connectivity index (χ0n) is 11.3. The molecule has 4 rings (SSSR count). The van der Waals surface area contributed by atoms with Gasteiger partial charge in [-0.25, -0.2) is 0 Å². The van der Waals surface area contributed by atoms with E-state index in [0.717, 1.165) is 29.3 Å². The maximum atomic E-state index is 12.5. The van der Waals surface area contributed by atoms with Crippen LogP contribution >= 0.6 is 0 Å². The first-order valence-corrected chi connectivity index (χ1v) is 7.28. The number of hydrogen-bond acceptors (Lipinski definition) is 1. The summed E-state index contributed by atoms with van der Waals surface area (Å²) < 4.78 is 0. The molecule has 0 unspecified atom stereocenters. The number of rotatable bonds is 2. The lowest BCUT2D eigenvalue weighted by Gasteiger charge is -2.18. The van der Waals surface area contributed by atoms with Gasteiger partial charge in [0.1, 0.15) is 0 Å². The highest BCUT2D eigenvalue weighted by Crippen LogP contribution is 2.43. The monoisotopic (exact) mass is 263 g/mol. The number of amides is 1. The summed E-state index contributed by atoms with van der Waals surface area (Å²) in [7, 11) is 0. The number of fused-ring (bicyclic) bond motifs is 3. The average molecular weight is 263 g/mol. The number of carbonyl (C=O) groups excluding carboxylic acids is 1. The maximum absolute atomic E-state index is 12.5. The molecule has 2 nitrogen and oxygen atoms in total. The van der Waals surface area contributed by atoms with Crippen molar-refractivity contribution >= 4 is 22.4 Å². The van der Waals surface area contributed by atoms with Crippen LogP contribution in [0.2, 0.25) is 0 Å². The van der Waals surface area contributed by atoms with Crippen LogP contribution in [0.5, 0.6) is 0 Å². The molecular formula is C18H17NO. The van der Waals surface area contributed by atoms with Crippen molar-refractivity contribution < 1.29 is 4.79 Å². The summed E-state index contributed by atoms with van der Waals surface area (Å²) in [6.07, 6.45) is 6.67. The minimum atomic E-state index is 0.156. The highest BCUT2D eigenvalue weighted by atomic mass is 16.1. The molecule has 1 fully saturated rings. The van der Waals surface area contributed by atoms with Crippen LogP contribution in [0.1, 0.15) is 12.8 Å². The Balaban J connectivity index is 1.62. The summed E-state index contributed by atoms with van der Waals surface area (Å²) in [6.45, 7) is 0. The van der Waals surface area contributed by atoms with Crippen molar-refractivity contribution in [3.63, 3.8) is 0 Å². The van der Waals surface area contributed by atoms with Gasteiger partial charge in [-0.3, -0.25) is 4.79 Å². The molecule has 2 aliphatic rings. The molecule has 1 N–H and O–H groups in total. The van der Waals surface area contributed by atoms with Gasteiger partial charge in [0.2, 0.25) is 5.91 Å². The third-order valence-electron chi connectivity index (χ3n) is 4.66. The second-order valence-corrected chi connectivity index (χ2v) is 5.90. The van der Waals surface area contributed by atoms with E-state index < -0.39 is 0 Å². The quantitative estimate of drug-likeness (QED) is 0.815. The molecular weight excluding hydrogens is 246 g/mol. The zero-order chi connectivity index (χ0) is 13.5. The van der Waals surface area contributed by atoms with Crippen molar-refractivity contribution in [2.45, 2.75) is 12.8 Å². The number of nitrogens with one attached hydrogen (secondary N) is 1. The second kappa shape index (κ2) is 4.48. The topological polar surface area (TPSA) is 29.1 Å². The van der Waals surface area contributed by atoms with Crippen LogP contribution in [0, 0.1) is 17.8 Å². The lowest BCUT2D eigenvalue weighted by Crippen LogP contribution is -2.25. The summed E-state index contributed by atoms with van der Waals surface area (Å²) in [5.74, 6) is 1.42. The lowest BCUT2D eigenvalue weighted by atomic mass is 9.92. The SMILES string of the molecule is O=C(Nc1cccc2ccccc12)[C@@H]1C[C@H]2C=C[C@H]1C2. The minimum absolute atomic E-state index is 0.156. The van der Waals surface area contributed by atoms with Gasteiger partial charge in [0.15, 0.2) is 0 Å². The molecule has 2 heteroatoms. The van der Waals surface area contributed by atoms with Gasteiger partial charge in [0, 0.05) is 17.0 Å². The first-order chi connectivity index (χ1) is 9.81. The van der Waals surface area contributed by atoms with E-state index in [1.165, 1.54) is 0 Å². The summed E-state index contributed by atoms with van der Waals surface area (Å²) >= 11 is 0. The molecule has 2 aliphatic carbocycles. The third-order valence-corrected chi connectivity index (χ3v) is 4.66. The zero-order valence-corrected chi connectivity index (χ0v) is 11.3. The van der Waals surface area contributed by atoms with E-state index in [-0.39, 0.29) is 11.8 Å². The molecule has 100 valence electrons. The first kappa shape index (κ1) is 11.7. The van der Waals surface area contributed by atoms with E-state index in [0.29, 0.717) is 11.8 Å². The van der Waals surface area contributed by atoms with Gasteiger partial charge < -0.3 is 5.32 Å². The van der Waals surface area contributed by atoms with Crippen LogP contribution in [-0.4, -0.2) is 5.91 Å².